The fourth-order valence-electron chi connectivity index (χ4n) is 4.15. The minimum atomic E-state index is -0.858. The second kappa shape index (κ2) is 8.61. The van der Waals surface area contributed by atoms with E-state index in [1.165, 1.54) is 16.7 Å². The van der Waals surface area contributed by atoms with Crippen LogP contribution in [0.2, 0.25) is 5.02 Å². The average molecular weight is 471 g/mol. The van der Waals surface area contributed by atoms with Crippen LogP contribution in [0, 0.1) is 11.6 Å². The predicted molar refractivity (Wildman–Crippen MR) is 124 cm³/mol. The highest BCUT2D eigenvalue weighted by Gasteiger charge is 2.17. The summed E-state index contributed by atoms with van der Waals surface area (Å²) in [5.74, 6) is -1.69. The molecule has 170 valence electrons. The molecule has 0 bridgehead atoms. The summed E-state index contributed by atoms with van der Waals surface area (Å²) in [4.78, 5) is 19.7. The minimum absolute atomic E-state index is 0.0524. The third kappa shape index (κ3) is 4.00. The van der Waals surface area contributed by atoms with Crippen LogP contribution in [0.5, 0.6) is 0 Å². The van der Waals surface area contributed by atoms with E-state index < -0.39 is 16.7 Å². The summed E-state index contributed by atoms with van der Waals surface area (Å²) in [6.07, 6.45) is 5.41. The van der Waals surface area contributed by atoms with Gasteiger partial charge in [-0.3, -0.25) is 4.79 Å². The van der Waals surface area contributed by atoms with Crippen molar-refractivity contribution in [3.63, 3.8) is 0 Å². The van der Waals surface area contributed by atoms with E-state index in [0.717, 1.165) is 47.0 Å². The molecule has 0 aliphatic carbocycles. The minimum Gasteiger partial charge on any atom is -0.378 e. The Morgan fingerprint density at radius 1 is 1.15 bits per heavy atom. The number of hydrogen-bond donors (Lipinski definition) is 0. The van der Waals surface area contributed by atoms with Gasteiger partial charge >= 0.3 is 0 Å². The highest BCUT2D eigenvalue weighted by molar-refractivity contribution is 6.30. The number of pyridine rings is 2. The Balaban J connectivity index is 1.50. The topological polar surface area (TPSA) is 52.3 Å². The van der Waals surface area contributed by atoms with Gasteiger partial charge in [-0.15, -0.1) is 0 Å². The lowest BCUT2D eigenvalue weighted by Gasteiger charge is -2.28. The fourth-order valence-corrected chi connectivity index (χ4v) is 4.34. The molecular weight excluding hydrogens is 450 g/mol. The Bertz CT molecular complexity index is 1410. The average Bonchev–Trinajstić information content (AvgIpc) is 3.17. The first-order chi connectivity index (χ1) is 15.9. The molecule has 9 heteroatoms. The van der Waals surface area contributed by atoms with Crippen molar-refractivity contribution in [3.05, 3.63) is 81.5 Å². The number of ether oxygens (including phenoxy) is 1. The van der Waals surface area contributed by atoms with Crippen molar-refractivity contribution < 1.29 is 13.5 Å². The summed E-state index contributed by atoms with van der Waals surface area (Å²) >= 11 is 5.66. The Kier molecular flexibility index (Phi) is 5.64. The van der Waals surface area contributed by atoms with Gasteiger partial charge in [-0.2, -0.15) is 0 Å². The van der Waals surface area contributed by atoms with Gasteiger partial charge in [0.15, 0.2) is 0 Å². The molecule has 0 atom stereocenters. The third-order valence-corrected chi connectivity index (χ3v) is 6.28. The number of aryl methyl sites for hydroxylation is 1. The first-order valence-electron chi connectivity index (χ1n) is 10.5. The molecule has 0 N–H and O–H groups in total. The van der Waals surface area contributed by atoms with E-state index in [-0.39, 0.29) is 17.7 Å². The van der Waals surface area contributed by atoms with Gasteiger partial charge in [0.2, 0.25) is 0 Å². The van der Waals surface area contributed by atoms with Gasteiger partial charge in [-0.25, -0.2) is 13.8 Å². The highest BCUT2D eigenvalue weighted by Crippen LogP contribution is 2.31. The summed E-state index contributed by atoms with van der Waals surface area (Å²) in [7, 11) is 1.91. The van der Waals surface area contributed by atoms with Crippen molar-refractivity contribution in [2.45, 2.75) is 6.54 Å². The number of halogens is 3. The maximum atomic E-state index is 14.3. The molecule has 1 aromatic carbocycles. The quantitative estimate of drug-likeness (QED) is 0.419. The van der Waals surface area contributed by atoms with E-state index in [1.807, 2.05) is 24.0 Å². The van der Waals surface area contributed by atoms with Gasteiger partial charge in [0, 0.05) is 55.1 Å². The molecule has 1 aliphatic heterocycles. The van der Waals surface area contributed by atoms with Crippen LogP contribution >= 0.6 is 11.6 Å². The fraction of sp³-hybridized carbons (Fsp3) is 0.250. The van der Waals surface area contributed by atoms with Crippen molar-refractivity contribution in [3.8, 4) is 11.1 Å². The molecule has 4 aromatic rings. The Morgan fingerprint density at radius 3 is 2.70 bits per heavy atom. The Labute approximate surface area is 193 Å². The molecule has 0 spiro atoms. The molecule has 0 saturated carbocycles. The summed E-state index contributed by atoms with van der Waals surface area (Å²) in [6.45, 7) is 2.91. The van der Waals surface area contributed by atoms with Gasteiger partial charge in [-0.1, -0.05) is 17.7 Å². The predicted octanol–water partition coefficient (Wildman–Crippen LogP) is 4.22. The smallest absolute Gasteiger partial charge is 0.251 e. The lowest BCUT2D eigenvalue weighted by atomic mass is 10.1. The first kappa shape index (κ1) is 21.6. The number of benzene rings is 1. The van der Waals surface area contributed by atoms with Crippen LogP contribution in [0.4, 0.5) is 14.5 Å². The van der Waals surface area contributed by atoms with E-state index in [4.69, 9.17) is 16.3 Å². The van der Waals surface area contributed by atoms with E-state index >= 15 is 0 Å². The first-order valence-corrected chi connectivity index (χ1v) is 10.9. The summed E-state index contributed by atoms with van der Waals surface area (Å²) < 4.78 is 36.4. The standard InChI is InChI=1S/C24H21ClF2N4O2/c1-29-14-19(18-11-17(12-28-24(18)29)30-6-8-33-9-7-30)15-4-5-31(21(32)10-15)13-16-2-3-20(26)22(25)23(16)27/h2-5,10-12,14H,6-9,13H2,1H3. The Morgan fingerprint density at radius 2 is 1.94 bits per heavy atom. The number of hydrogen-bond acceptors (Lipinski definition) is 4. The van der Waals surface area contributed by atoms with Crippen LogP contribution in [-0.2, 0) is 18.3 Å². The van der Waals surface area contributed by atoms with E-state index in [2.05, 4.69) is 16.0 Å². The lowest BCUT2D eigenvalue weighted by molar-refractivity contribution is 0.122. The molecule has 4 heterocycles. The Hall–Kier alpha value is -3.23. The van der Waals surface area contributed by atoms with Crippen LogP contribution in [-0.4, -0.2) is 40.4 Å². The van der Waals surface area contributed by atoms with Crippen molar-refractivity contribution in [1.29, 1.82) is 0 Å². The van der Waals surface area contributed by atoms with Crippen molar-refractivity contribution in [1.82, 2.24) is 14.1 Å². The number of aromatic nitrogens is 3. The number of nitrogens with zero attached hydrogens (tertiary/aromatic N) is 4. The largest absolute Gasteiger partial charge is 0.378 e. The lowest BCUT2D eigenvalue weighted by Crippen LogP contribution is -2.36. The molecule has 0 unspecified atom stereocenters. The zero-order valence-corrected chi connectivity index (χ0v) is 18.6. The van der Waals surface area contributed by atoms with Crippen LogP contribution in [0.15, 0.2) is 53.7 Å². The van der Waals surface area contributed by atoms with Gasteiger partial charge in [-0.05, 0) is 23.8 Å². The molecular formula is C24H21ClF2N4O2. The van der Waals surface area contributed by atoms with E-state index in [0.29, 0.717) is 13.2 Å². The van der Waals surface area contributed by atoms with Crippen LogP contribution in [0.25, 0.3) is 22.2 Å². The zero-order valence-electron chi connectivity index (χ0n) is 17.9. The summed E-state index contributed by atoms with van der Waals surface area (Å²) in [6, 6.07) is 7.79. The maximum Gasteiger partial charge on any atom is 0.251 e. The number of anilines is 1. The van der Waals surface area contributed by atoms with Gasteiger partial charge in [0.25, 0.3) is 5.56 Å². The summed E-state index contributed by atoms with van der Waals surface area (Å²) in [5.41, 5.74) is 3.28. The normalized spacial score (nSPS) is 14.2. The monoisotopic (exact) mass is 470 g/mol. The second-order valence-corrected chi connectivity index (χ2v) is 8.41. The molecule has 33 heavy (non-hydrogen) atoms. The van der Waals surface area contributed by atoms with Crippen molar-refractivity contribution >= 4 is 28.3 Å². The number of fused-ring (bicyclic) bond motifs is 1. The van der Waals surface area contributed by atoms with Crippen molar-refractivity contribution in [2.24, 2.45) is 7.05 Å². The number of rotatable bonds is 4. The van der Waals surface area contributed by atoms with E-state index in [9.17, 15) is 13.6 Å². The molecule has 1 fully saturated rings. The number of morpholine rings is 1. The molecule has 0 radical (unpaired) electrons. The van der Waals surface area contributed by atoms with Crippen LogP contribution < -0.4 is 10.5 Å². The van der Waals surface area contributed by atoms with Crippen LogP contribution in [0.1, 0.15) is 5.56 Å². The van der Waals surface area contributed by atoms with Gasteiger partial charge in [0.1, 0.15) is 22.3 Å². The molecule has 3 aromatic heterocycles. The SMILES string of the molecule is Cn1cc(-c2ccn(Cc3ccc(F)c(Cl)c3F)c(=O)c2)c2cc(N3CCOCC3)cnc21. The van der Waals surface area contributed by atoms with E-state index in [1.54, 1.807) is 12.3 Å². The zero-order chi connectivity index (χ0) is 23.1. The third-order valence-electron chi connectivity index (χ3n) is 5.94. The molecule has 0 amide bonds. The molecule has 1 saturated heterocycles. The highest BCUT2D eigenvalue weighted by atomic mass is 35.5. The van der Waals surface area contributed by atoms with Crippen molar-refractivity contribution in [2.75, 3.05) is 31.2 Å². The van der Waals surface area contributed by atoms with Crippen LogP contribution in [0.3, 0.4) is 0 Å². The van der Waals surface area contributed by atoms with Gasteiger partial charge < -0.3 is 18.8 Å². The van der Waals surface area contributed by atoms with Gasteiger partial charge in [0.05, 0.1) is 31.6 Å². The maximum absolute atomic E-state index is 14.3. The molecule has 6 nitrogen and oxygen atoms in total. The second-order valence-electron chi connectivity index (χ2n) is 8.03. The molecule has 1 aliphatic rings. The summed E-state index contributed by atoms with van der Waals surface area (Å²) in [5, 5.41) is 0.367. The molecule has 5 rings (SSSR count).